The number of carbonyl (C=O) groups excluding carboxylic acids is 2. The number of rotatable bonds is 7. The summed E-state index contributed by atoms with van der Waals surface area (Å²) in [6.45, 7) is 11.5. The van der Waals surface area contributed by atoms with Gasteiger partial charge in [0.05, 0.1) is 5.57 Å². The molecule has 0 N–H and O–H groups in total. The standard InChI is InChI=1S/C23H32O3/c1-7-12-19(22(25)26-23(4,5)6)15-11-16-20(17(2)3)21(24)18-13-9-8-10-14-18/h7-9,11-13,15-17,20H,10,14H2,1-6H3/b12-7-,16-11+,19-15+. The highest BCUT2D eigenvalue weighted by atomic mass is 16.6. The zero-order valence-corrected chi connectivity index (χ0v) is 16.9. The molecule has 0 saturated heterocycles. The van der Waals surface area contributed by atoms with Crippen LogP contribution in [0, 0.1) is 11.8 Å². The Morgan fingerprint density at radius 2 is 1.92 bits per heavy atom. The lowest BCUT2D eigenvalue weighted by atomic mass is 9.85. The number of allylic oxidation sites excluding steroid dienone is 8. The molecule has 0 aromatic heterocycles. The van der Waals surface area contributed by atoms with E-state index in [1.54, 1.807) is 24.3 Å². The van der Waals surface area contributed by atoms with Gasteiger partial charge in [0.25, 0.3) is 0 Å². The molecule has 1 aliphatic rings. The van der Waals surface area contributed by atoms with Crippen LogP contribution < -0.4 is 0 Å². The minimum Gasteiger partial charge on any atom is -0.456 e. The van der Waals surface area contributed by atoms with E-state index < -0.39 is 5.60 Å². The summed E-state index contributed by atoms with van der Waals surface area (Å²) in [5.74, 6) is -0.216. The molecule has 0 fully saturated rings. The van der Waals surface area contributed by atoms with Gasteiger partial charge >= 0.3 is 5.97 Å². The fraction of sp³-hybridized carbons (Fsp3) is 0.478. The highest BCUT2D eigenvalue weighted by Crippen LogP contribution is 2.23. The second kappa shape index (κ2) is 10.1. The predicted octanol–water partition coefficient (Wildman–Crippen LogP) is 5.50. The molecule has 0 aromatic rings. The second-order valence-electron chi connectivity index (χ2n) is 7.80. The van der Waals surface area contributed by atoms with Crippen molar-refractivity contribution in [3.63, 3.8) is 0 Å². The van der Waals surface area contributed by atoms with Crippen LogP contribution in [0.1, 0.15) is 54.4 Å². The van der Waals surface area contributed by atoms with Crippen molar-refractivity contribution in [1.82, 2.24) is 0 Å². The fourth-order valence-electron chi connectivity index (χ4n) is 2.62. The van der Waals surface area contributed by atoms with E-state index in [1.165, 1.54) is 0 Å². The molecule has 1 aliphatic carbocycles. The van der Waals surface area contributed by atoms with Gasteiger partial charge in [0.1, 0.15) is 5.60 Å². The van der Waals surface area contributed by atoms with Crippen LogP contribution in [0.2, 0.25) is 0 Å². The summed E-state index contributed by atoms with van der Waals surface area (Å²) in [5.41, 5.74) is 0.799. The third-order valence-corrected chi connectivity index (χ3v) is 3.93. The lowest BCUT2D eigenvalue weighted by Crippen LogP contribution is -2.24. The van der Waals surface area contributed by atoms with Crippen molar-refractivity contribution >= 4 is 11.8 Å². The van der Waals surface area contributed by atoms with E-state index >= 15 is 0 Å². The van der Waals surface area contributed by atoms with Crippen molar-refractivity contribution in [3.8, 4) is 0 Å². The predicted molar refractivity (Wildman–Crippen MR) is 108 cm³/mol. The molecule has 0 radical (unpaired) electrons. The first-order valence-corrected chi connectivity index (χ1v) is 9.30. The highest BCUT2D eigenvalue weighted by Gasteiger charge is 2.23. The van der Waals surface area contributed by atoms with Crippen LogP contribution in [0.3, 0.4) is 0 Å². The second-order valence-corrected chi connectivity index (χ2v) is 7.80. The van der Waals surface area contributed by atoms with Crippen molar-refractivity contribution in [3.05, 3.63) is 59.8 Å². The maximum Gasteiger partial charge on any atom is 0.338 e. The largest absolute Gasteiger partial charge is 0.456 e. The number of hydrogen-bond acceptors (Lipinski definition) is 3. The Balaban J connectivity index is 2.97. The molecular formula is C23H32O3. The van der Waals surface area contributed by atoms with Crippen molar-refractivity contribution < 1.29 is 14.3 Å². The van der Waals surface area contributed by atoms with Gasteiger partial charge in [0.15, 0.2) is 5.78 Å². The van der Waals surface area contributed by atoms with E-state index in [0.717, 1.165) is 18.4 Å². The maximum atomic E-state index is 12.8. The molecule has 3 heteroatoms. The van der Waals surface area contributed by atoms with E-state index in [4.69, 9.17) is 4.74 Å². The molecule has 1 atom stereocenters. The maximum absolute atomic E-state index is 12.8. The minimum atomic E-state index is -0.543. The number of esters is 1. The third kappa shape index (κ3) is 7.38. The van der Waals surface area contributed by atoms with Crippen LogP contribution in [0.5, 0.6) is 0 Å². The van der Waals surface area contributed by atoms with Crippen LogP contribution in [0.4, 0.5) is 0 Å². The van der Waals surface area contributed by atoms with Crippen molar-refractivity contribution in [2.24, 2.45) is 11.8 Å². The number of hydrogen-bond donors (Lipinski definition) is 0. The molecular weight excluding hydrogens is 324 g/mol. The Hall–Kier alpha value is -2.16. The van der Waals surface area contributed by atoms with Crippen LogP contribution in [0.25, 0.3) is 0 Å². The Morgan fingerprint density at radius 3 is 2.42 bits per heavy atom. The molecule has 3 nitrogen and oxygen atoms in total. The van der Waals surface area contributed by atoms with E-state index in [-0.39, 0.29) is 23.6 Å². The average Bonchev–Trinajstić information content (AvgIpc) is 2.56. The van der Waals surface area contributed by atoms with Crippen LogP contribution in [-0.2, 0) is 14.3 Å². The first-order chi connectivity index (χ1) is 12.2. The zero-order chi connectivity index (χ0) is 19.7. The first kappa shape index (κ1) is 21.9. The number of Topliss-reactive ketones (excluding diaryl/α,β-unsaturated/α-hetero) is 1. The molecule has 0 aliphatic heterocycles. The molecule has 0 saturated carbocycles. The topological polar surface area (TPSA) is 43.4 Å². The molecule has 0 aromatic carbocycles. The van der Waals surface area contributed by atoms with E-state index in [2.05, 4.69) is 6.08 Å². The van der Waals surface area contributed by atoms with E-state index in [1.807, 2.05) is 59.8 Å². The lowest BCUT2D eigenvalue weighted by molar-refractivity contribution is -0.149. The average molecular weight is 357 g/mol. The van der Waals surface area contributed by atoms with Gasteiger partial charge < -0.3 is 4.74 Å². The molecule has 0 amide bonds. The summed E-state index contributed by atoms with van der Waals surface area (Å²) < 4.78 is 5.42. The highest BCUT2D eigenvalue weighted by molar-refractivity contribution is 5.99. The molecule has 0 spiro atoms. The molecule has 1 unspecified atom stereocenters. The summed E-state index contributed by atoms with van der Waals surface area (Å²) in [4.78, 5) is 25.1. The monoisotopic (exact) mass is 356 g/mol. The quantitative estimate of drug-likeness (QED) is 0.343. The van der Waals surface area contributed by atoms with Crippen molar-refractivity contribution in [2.75, 3.05) is 0 Å². The summed E-state index contributed by atoms with van der Waals surface area (Å²) in [6, 6.07) is 0. The van der Waals surface area contributed by atoms with Crippen molar-refractivity contribution in [2.45, 2.75) is 60.0 Å². The van der Waals surface area contributed by atoms with Gasteiger partial charge in [-0.25, -0.2) is 4.79 Å². The van der Waals surface area contributed by atoms with Gasteiger partial charge in [-0.3, -0.25) is 4.79 Å². The van der Waals surface area contributed by atoms with E-state index in [0.29, 0.717) is 5.57 Å². The summed E-state index contributed by atoms with van der Waals surface area (Å²) in [6.07, 6.45) is 16.6. The molecule has 1 rings (SSSR count). The van der Waals surface area contributed by atoms with Gasteiger partial charge in [0, 0.05) is 5.92 Å². The van der Waals surface area contributed by atoms with Crippen molar-refractivity contribution in [1.29, 1.82) is 0 Å². The van der Waals surface area contributed by atoms with Crippen LogP contribution in [0.15, 0.2) is 59.8 Å². The van der Waals surface area contributed by atoms with Gasteiger partial charge in [-0.1, -0.05) is 56.4 Å². The fourth-order valence-corrected chi connectivity index (χ4v) is 2.62. The minimum absolute atomic E-state index is 0.166. The normalized spacial score (nSPS) is 17.0. The summed E-state index contributed by atoms with van der Waals surface area (Å²) in [7, 11) is 0. The number of ether oxygens (including phenoxy) is 1. The van der Waals surface area contributed by atoms with Gasteiger partial charge in [0.2, 0.25) is 0 Å². The summed E-state index contributed by atoms with van der Waals surface area (Å²) >= 11 is 0. The Kier molecular flexibility index (Phi) is 8.50. The number of carbonyl (C=O) groups is 2. The lowest BCUT2D eigenvalue weighted by Gasteiger charge is -2.20. The smallest absolute Gasteiger partial charge is 0.338 e. The molecule has 0 bridgehead atoms. The van der Waals surface area contributed by atoms with Gasteiger partial charge in [-0.15, -0.1) is 0 Å². The Bertz CT molecular complexity index is 649. The first-order valence-electron chi connectivity index (χ1n) is 9.30. The van der Waals surface area contributed by atoms with Crippen LogP contribution in [-0.4, -0.2) is 17.4 Å². The van der Waals surface area contributed by atoms with Gasteiger partial charge in [-0.05, 0) is 58.1 Å². The Labute approximate surface area is 158 Å². The van der Waals surface area contributed by atoms with E-state index in [9.17, 15) is 9.59 Å². The molecule has 142 valence electrons. The third-order valence-electron chi connectivity index (χ3n) is 3.93. The number of ketones is 1. The van der Waals surface area contributed by atoms with Gasteiger partial charge in [-0.2, -0.15) is 0 Å². The SMILES string of the molecule is C\C=C/C(=C\C=C\C(C(=O)C1=CC=CCC1)C(C)C)C(=O)OC(C)(C)C. The Morgan fingerprint density at radius 1 is 1.23 bits per heavy atom. The zero-order valence-electron chi connectivity index (χ0n) is 16.9. The van der Waals surface area contributed by atoms with Crippen LogP contribution >= 0.6 is 0 Å². The molecule has 26 heavy (non-hydrogen) atoms. The summed E-state index contributed by atoms with van der Waals surface area (Å²) in [5, 5.41) is 0. The molecule has 0 heterocycles.